The van der Waals surface area contributed by atoms with Crippen molar-refractivity contribution >= 4 is 11.0 Å². The molecule has 0 bridgehead atoms. The molecule has 1 fully saturated rings. The van der Waals surface area contributed by atoms with Gasteiger partial charge in [-0.3, -0.25) is 4.90 Å². The molecule has 0 spiro atoms. The van der Waals surface area contributed by atoms with E-state index in [2.05, 4.69) is 18.7 Å². The van der Waals surface area contributed by atoms with Crippen LogP contribution in [0.1, 0.15) is 44.1 Å². The Kier molecular flexibility index (Phi) is 3.35. The maximum Gasteiger partial charge on any atom is 0.137 e. The Balaban J connectivity index is 1.95. The van der Waals surface area contributed by atoms with Gasteiger partial charge in [-0.25, -0.2) is 0 Å². The molecule has 1 aromatic carbocycles. The van der Waals surface area contributed by atoms with Gasteiger partial charge >= 0.3 is 0 Å². The van der Waals surface area contributed by atoms with Crippen LogP contribution in [0.15, 0.2) is 28.7 Å². The maximum absolute atomic E-state index is 10.8. The molecule has 20 heavy (non-hydrogen) atoms. The molecule has 1 N–H and O–H groups in total. The molecule has 0 radical (unpaired) electrons. The van der Waals surface area contributed by atoms with Crippen molar-refractivity contribution in [3.05, 3.63) is 35.6 Å². The number of fused-ring (bicyclic) bond motifs is 1. The zero-order valence-electron chi connectivity index (χ0n) is 12.5. The molecule has 1 aliphatic heterocycles. The summed E-state index contributed by atoms with van der Waals surface area (Å²) in [6.07, 6.45) is 1.83. The molecule has 1 unspecified atom stereocenters. The van der Waals surface area contributed by atoms with Crippen LogP contribution in [0.4, 0.5) is 0 Å². The monoisotopic (exact) mass is 273 g/mol. The Morgan fingerprint density at radius 1 is 1.25 bits per heavy atom. The van der Waals surface area contributed by atoms with Crippen LogP contribution in [-0.2, 0) is 0 Å². The van der Waals surface area contributed by atoms with Crippen molar-refractivity contribution in [1.29, 1.82) is 0 Å². The van der Waals surface area contributed by atoms with E-state index in [0.29, 0.717) is 5.76 Å². The van der Waals surface area contributed by atoms with E-state index in [9.17, 15) is 5.11 Å². The smallest absolute Gasteiger partial charge is 0.137 e. The average Bonchev–Trinajstić information content (AvgIpc) is 3.07. The van der Waals surface area contributed by atoms with Gasteiger partial charge in [-0.2, -0.15) is 0 Å². The number of hydrogen-bond acceptors (Lipinski definition) is 3. The molecule has 3 nitrogen and oxygen atoms in total. The van der Waals surface area contributed by atoms with Gasteiger partial charge in [0.05, 0.1) is 0 Å². The quantitative estimate of drug-likeness (QED) is 0.927. The minimum absolute atomic E-state index is 0.293. The Bertz CT molecular complexity index is 608. The van der Waals surface area contributed by atoms with E-state index in [1.165, 1.54) is 12.8 Å². The number of aryl methyl sites for hydroxylation is 1. The van der Waals surface area contributed by atoms with Gasteiger partial charge in [0, 0.05) is 10.9 Å². The van der Waals surface area contributed by atoms with Gasteiger partial charge in [0.15, 0.2) is 0 Å². The second kappa shape index (κ2) is 4.90. The van der Waals surface area contributed by atoms with Crippen LogP contribution in [0.25, 0.3) is 11.0 Å². The molecule has 0 aliphatic carbocycles. The summed E-state index contributed by atoms with van der Waals surface area (Å²) in [5.74, 6) is 0.672. The van der Waals surface area contributed by atoms with Crippen molar-refractivity contribution < 1.29 is 9.52 Å². The fourth-order valence-corrected chi connectivity index (χ4v) is 3.18. The molecule has 2 heterocycles. The lowest BCUT2D eigenvalue weighted by Gasteiger charge is -2.38. The van der Waals surface area contributed by atoms with Crippen LogP contribution in [0.2, 0.25) is 0 Å². The van der Waals surface area contributed by atoms with E-state index >= 15 is 0 Å². The van der Waals surface area contributed by atoms with Gasteiger partial charge in [0.25, 0.3) is 0 Å². The first-order valence-corrected chi connectivity index (χ1v) is 7.42. The summed E-state index contributed by atoms with van der Waals surface area (Å²) in [5.41, 5.74) is 1.71. The second-order valence-corrected chi connectivity index (χ2v) is 6.39. The molecule has 1 saturated heterocycles. The third-order valence-electron chi connectivity index (χ3n) is 4.62. The third-order valence-corrected chi connectivity index (χ3v) is 4.62. The van der Waals surface area contributed by atoms with Crippen molar-refractivity contribution in [2.24, 2.45) is 0 Å². The van der Waals surface area contributed by atoms with Gasteiger partial charge in [0.2, 0.25) is 0 Å². The minimum atomic E-state index is -0.604. The molecule has 108 valence electrons. The number of furan rings is 1. The van der Waals surface area contributed by atoms with Crippen molar-refractivity contribution in [3.8, 4) is 0 Å². The molecule has 3 heteroatoms. The predicted molar refractivity (Wildman–Crippen MR) is 80.8 cm³/mol. The van der Waals surface area contributed by atoms with E-state index in [1.807, 2.05) is 31.2 Å². The molecular weight excluding hydrogens is 250 g/mol. The van der Waals surface area contributed by atoms with Crippen LogP contribution < -0.4 is 0 Å². The van der Waals surface area contributed by atoms with Gasteiger partial charge < -0.3 is 9.52 Å². The van der Waals surface area contributed by atoms with E-state index in [4.69, 9.17) is 4.42 Å². The highest BCUT2D eigenvalue weighted by atomic mass is 16.4. The van der Waals surface area contributed by atoms with E-state index in [-0.39, 0.29) is 5.54 Å². The largest absolute Gasteiger partial charge is 0.458 e. The average molecular weight is 273 g/mol. The Morgan fingerprint density at radius 2 is 1.95 bits per heavy atom. The Hall–Kier alpha value is -1.32. The van der Waals surface area contributed by atoms with Crippen LogP contribution in [0.3, 0.4) is 0 Å². The minimum Gasteiger partial charge on any atom is -0.458 e. The summed E-state index contributed by atoms with van der Waals surface area (Å²) in [4.78, 5) is 2.36. The fraction of sp³-hybridized carbons (Fsp3) is 0.529. The zero-order valence-corrected chi connectivity index (χ0v) is 12.5. The summed E-state index contributed by atoms with van der Waals surface area (Å²) in [6.45, 7) is 8.35. The van der Waals surface area contributed by atoms with Gasteiger partial charge in [-0.05, 0) is 58.3 Å². The van der Waals surface area contributed by atoms with Crippen molar-refractivity contribution in [3.63, 3.8) is 0 Å². The summed E-state index contributed by atoms with van der Waals surface area (Å²) in [7, 11) is 0. The molecule has 0 amide bonds. The maximum atomic E-state index is 10.8. The van der Waals surface area contributed by atoms with Crippen LogP contribution >= 0.6 is 0 Å². The molecule has 1 aliphatic rings. The lowest BCUT2D eigenvalue weighted by molar-refractivity contribution is -0.0102. The lowest BCUT2D eigenvalue weighted by Crippen LogP contribution is -2.46. The highest BCUT2D eigenvalue weighted by Gasteiger charge is 2.38. The van der Waals surface area contributed by atoms with E-state index in [0.717, 1.165) is 29.6 Å². The first-order chi connectivity index (χ1) is 9.50. The SMILES string of the molecule is Cc1cccc2cc(C(O)C(C)(C)N3CCCC3)oc12. The van der Waals surface area contributed by atoms with Crippen LogP contribution in [-0.4, -0.2) is 28.6 Å². The van der Waals surface area contributed by atoms with Crippen molar-refractivity contribution in [1.82, 2.24) is 4.90 Å². The first kappa shape index (κ1) is 13.7. The van der Waals surface area contributed by atoms with Gasteiger partial charge in [-0.1, -0.05) is 18.2 Å². The van der Waals surface area contributed by atoms with Crippen LogP contribution in [0, 0.1) is 6.92 Å². The molecule has 1 atom stereocenters. The van der Waals surface area contributed by atoms with Crippen molar-refractivity contribution in [2.45, 2.75) is 45.3 Å². The highest BCUT2D eigenvalue weighted by molar-refractivity contribution is 5.81. The third kappa shape index (κ3) is 2.15. The topological polar surface area (TPSA) is 36.6 Å². The first-order valence-electron chi connectivity index (χ1n) is 7.42. The molecule has 3 rings (SSSR count). The summed E-state index contributed by atoms with van der Waals surface area (Å²) in [6, 6.07) is 8.07. The number of likely N-dealkylation sites (tertiary alicyclic amines) is 1. The second-order valence-electron chi connectivity index (χ2n) is 6.39. The van der Waals surface area contributed by atoms with Crippen LogP contribution in [0.5, 0.6) is 0 Å². The Morgan fingerprint density at radius 3 is 2.60 bits per heavy atom. The highest BCUT2D eigenvalue weighted by Crippen LogP contribution is 2.36. The standard InChI is InChI=1S/C17H23NO2/c1-12-7-6-8-13-11-14(20-15(12)13)16(19)17(2,3)18-9-4-5-10-18/h6-8,11,16,19H,4-5,9-10H2,1-3H3. The number of benzene rings is 1. The lowest BCUT2D eigenvalue weighted by atomic mass is 9.93. The summed E-state index contributed by atoms with van der Waals surface area (Å²) in [5, 5.41) is 11.8. The Labute approximate surface area is 120 Å². The normalized spacial score (nSPS) is 18.8. The van der Waals surface area contributed by atoms with Gasteiger partial charge in [-0.15, -0.1) is 0 Å². The molecular formula is C17H23NO2. The van der Waals surface area contributed by atoms with E-state index in [1.54, 1.807) is 0 Å². The zero-order chi connectivity index (χ0) is 14.3. The number of para-hydroxylation sites is 1. The van der Waals surface area contributed by atoms with Gasteiger partial charge in [0.1, 0.15) is 17.4 Å². The molecule has 2 aromatic rings. The fourth-order valence-electron chi connectivity index (χ4n) is 3.18. The van der Waals surface area contributed by atoms with E-state index < -0.39 is 6.10 Å². The summed E-state index contributed by atoms with van der Waals surface area (Å²) < 4.78 is 5.93. The molecule has 0 saturated carbocycles. The number of nitrogens with zero attached hydrogens (tertiary/aromatic N) is 1. The number of aliphatic hydroxyl groups excluding tert-OH is 1. The number of rotatable bonds is 3. The van der Waals surface area contributed by atoms with Crippen molar-refractivity contribution in [2.75, 3.05) is 13.1 Å². The number of hydrogen-bond donors (Lipinski definition) is 1. The predicted octanol–water partition coefficient (Wildman–Crippen LogP) is 3.65. The summed E-state index contributed by atoms with van der Waals surface area (Å²) >= 11 is 0. The molecule has 1 aromatic heterocycles. The number of aliphatic hydroxyl groups is 1.